The van der Waals surface area contributed by atoms with Crippen molar-refractivity contribution in [2.45, 2.75) is 27.7 Å². The Morgan fingerprint density at radius 2 is 1.95 bits per heavy atom. The SMILES string of the molecule is C=NN(/C=C(\C)C(C)C)/C(=C/N(C)C)C(=O)OCC. The lowest BCUT2D eigenvalue weighted by Crippen LogP contribution is -2.23. The highest BCUT2D eigenvalue weighted by Gasteiger charge is 2.17. The Kier molecular flexibility index (Phi) is 7.56. The number of carbonyl (C=O) groups excluding carboxylic acids is 1. The van der Waals surface area contributed by atoms with E-state index in [2.05, 4.69) is 25.7 Å². The number of allylic oxidation sites excluding steroid dienone is 1. The van der Waals surface area contributed by atoms with Crippen molar-refractivity contribution < 1.29 is 9.53 Å². The molecule has 0 spiro atoms. The van der Waals surface area contributed by atoms with Crippen LogP contribution in [0.1, 0.15) is 27.7 Å². The summed E-state index contributed by atoms with van der Waals surface area (Å²) in [6.07, 6.45) is 3.46. The number of rotatable bonds is 7. The molecule has 19 heavy (non-hydrogen) atoms. The Balaban J connectivity index is 5.38. The second kappa shape index (κ2) is 8.34. The summed E-state index contributed by atoms with van der Waals surface area (Å²) in [6, 6.07) is 0. The second-order valence-corrected chi connectivity index (χ2v) is 4.71. The molecule has 0 rings (SSSR count). The van der Waals surface area contributed by atoms with Crippen molar-refractivity contribution >= 4 is 12.7 Å². The Morgan fingerprint density at radius 1 is 1.37 bits per heavy atom. The monoisotopic (exact) mass is 267 g/mol. The molecule has 0 aromatic heterocycles. The molecule has 0 unspecified atom stereocenters. The highest BCUT2D eigenvalue weighted by Crippen LogP contribution is 2.15. The van der Waals surface area contributed by atoms with Crippen molar-refractivity contribution in [3.8, 4) is 0 Å². The van der Waals surface area contributed by atoms with Gasteiger partial charge in [-0.15, -0.1) is 0 Å². The molecule has 5 nitrogen and oxygen atoms in total. The van der Waals surface area contributed by atoms with Crippen LogP contribution in [0.15, 0.2) is 28.8 Å². The smallest absolute Gasteiger partial charge is 0.358 e. The van der Waals surface area contributed by atoms with Gasteiger partial charge in [0.2, 0.25) is 0 Å². The van der Waals surface area contributed by atoms with E-state index in [0.29, 0.717) is 18.2 Å². The zero-order valence-electron chi connectivity index (χ0n) is 12.8. The van der Waals surface area contributed by atoms with Crippen LogP contribution in [0.3, 0.4) is 0 Å². The summed E-state index contributed by atoms with van der Waals surface area (Å²) in [5, 5.41) is 5.33. The van der Waals surface area contributed by atoms with Crippen molar-refractivity contribution in [3.63, 3.8) is 0 Å². The Labute approximate surface area is 116 Å². The number of esters is 1. The van der Waals surface area contributed by atoms with Crippen LogP contribution in [-0.2, 0) is 9.53 Å². The maximum Gasteiger partial charge on any atom is 0.358 e. The Morgan fingerprint density at radius 3 is 2.32 bits per heavy atom. The summed E-state index contributed by atoms with van der Waals surface area (Å²) in [7, 11) is 3.67. The molecule has 0 aliphatic rings. The molecule has 0 radical (unpaired) electrons. The highest BCUT2D eigenvalue weighted by molar-refractivity contribution is 5.87. The van der Waals surface area contributed by atoms with Crippen LogP contribution in [0.4, 0.5) is 0 Å². The van der Waals surface area contributed by atoms with Gasteiger partial charge in [0.25, 0.3) is 0 Å². The second-order valence-electron chi connectivity index (χ2n) is 4.71. The molecule has 0 amide bonds. The molecule has 0 fully saturated rings. The van der Waals surface area contributed by atoms with E-state index in [-0.39, 0.29) is 0 Å². The van der Waals surface area contributed by atoms with E-state index >= 15 is 0 Å². The largest absolute Gasteiger partial charge is 0.461 e. The van der Waals surface area contributed by atoms with Crippen LogP contribution >= 0.6 is 0 Å². The first-order valence-electron chi connectivity index (χ1n) is 6.33. The molecule has 0 bridgehead atoms. The fourth-order valence-electron chi connectivity index (χ4n) is 1.18. The summed E-state index contributed by atoms with van der Waals surface area (Å²) < 4.78 is 5.04. The predicted octanol–water partition coefficient (Wildman–Crippen LogP) is 2.43. The van der Waals surface area contributed by atoms with Gasteiger partial charge >= 0.3 is 5.97 Å². The Bertz CT molecular complexity index is 371. The third-order valence-corrected chi connectivity index (χ3v) is 2.50. The van der Waals surface area contributed by atoms with Gasteiger partial charge in [-0.25, -0.2) is 9.80 Å². The maximum absolute atomic E-state index is 12.0. The molecule has 0 saturated heterocycles. The lowest BCUT2D eigenvalue weighted by atomic mass is 10.1. The molecule has 0 aromatic carbocycles. The molecule has 108 valence electrons. The first-order chi connectivity index (χ1) is 8.83. The van der Waals surface area contributed by atoms with E-state index in [9.17, 15) is 4.79 Å². The molecule has 0 N–H and O–H groups in total. The molecule has 0 aliphatic carbocycles. The third kappa shape index (κ3) is 6.08. The fourth-order valence-corrected chi connectivity index (χ4v) is 1.18. The minimum Gasteiger partial charge on any atom is -0.461 e. The molecule has 5 heteroatoms. The van der Waals surface area contributed by atoms with Crippen molar-refractivity contribution in [1.82, 2.24) is 9.91 Å². The number of hydrogen-bond donors (Lipinski definition) is 0. The van der Waals surface area contributed by atoms with Gasteiger partial charge in [-0.2, -0.15) is 5.10 Å². The fraction of sp³-hybridized carbons (Fsp3) is 0.571. The number of hydrogen-bond acceptors (Lipinski definition) is 5. The number of ether oxygens (including phenoxy) is 1. The van der Waals surface area contributed by atoms with E-state index in [0.717, 1.165) is 5.57 Å². The van der Waals surface area contributed by atoms with E-state index in [1.165, 1.54) is 5.01 Å². The first-order valence-corrected chi connectivity index (χ1v) is 6.33. The lowest BCUT2D eigenvalue weighted by Gasteiger charge is -2.20. The van der Waals surface area contributed by atoms with Crippen molar-refractivity contribution in [2.24, 2.45) is 11.0 Å². The van der Waals surface area contributed by atoms with Gasteiger partial charge < -0.3 is 9.64 Å². The van der Waals surface area contributed by atoms with Gasteiger partial charge in [-0.1, -0.05) is 19.4 Å². The van der Waals surface area contributed by atoms with Crippen molar-refractivity contribution in [1.29, 1.82) is 0 Å². The summed E-state index contributed by atoms with van der Waals surface area (Å²) in [5.41, 5.74) is 1.43. The number of hydrazone groups is 1. The molecule has 0 atom stereocenters. The summed E-state index contributed by atoms with van der Waals surface area (Å²) >= 11 is 0. The predicted molar refractivity (Wildman–Crippen MR) is 78.4 cm³/mol. The van der Waals surface area contributed by atoms with E-state index in [4.69, 9.17) is 4.74 Å². The molecule has 0 saturated carbocycles. The average Bonchev–Trinajstić information content (AvgIpc) is 2.32. The topological polar surface area (TPSA) is 45.1 Å². The molecule has 0 aliphatic heterocycles. The summed E-state index contributed by atoms with van der Waals surface area (Å²) in [5.74, 6) is -0.0524. The molecular formula is C14H25N3O2. The van der Waals surface area contributed by atoms with Gasteiger partial charge in [0.1, 0.15) is 0 Å². The van der Waals surface area contributed by atoms with Crippen LogP contribution in [0.25, 0.3) is 0 Å². The molecular weight excluding hydrogens is 242 g/mol. The van der Waals surface area contributed by atoms with E-state index in [1.54, 1.807) is 24.2 Å². The number of carbonyl (C=O) groups is 1. The minimum atomic E-state index is -0.420. The van der Waals surface area contributed by atoms with E-state index < -0.39 is 5.97 Å². The normalized spacial score (nSPS) is 12.4. The van der Waals surface area contributed by atoms with Crippen LogP contribution in [-0.4, -0.2) is 43.3 Å². The quantitative estimate of drug-likeness (QED) is 0.307. The standard InChI is InChI=1S/C14H25N3O2/c1-8-19-14(18)13(10-16(6)7)17(15-5)9-12(4)11(2)3/h9-11H,5,8H2,1-4,6-7H3/b12-9+,13-10+. The lowest BCUT2D eigenvalue weighted by molar-refractivity contribution is -0.140. The molecule has 0 heterocycles. The average molecular weight is 267 g/mol. The summed E-state index contributed by atoms with van der Waals surface area (Å²) in [4.78, 5) is 13.7. The number of nitrogens with zero attached hydrogens (tertiary/aromatic N) is 3. The van der Waals surface area contributed by atoms with Crippen molar-refractivity contribution in [3.05, 3.63) is 23.7 Å². The first kappa shape index (κ1) is 17.2. The van der Waals surface area contributed by atoms with Gasteiger partial charge in [0.15, 0.2) is 5.70 Å². The highest BCUT2D eigenvalue weighted by atomic mass is 16.5. The van der Waals surface area contributed by atoms with Gasteiger partial charge in [-0.05, 0) is 19.8 Å². The summed E-state index contributed by atoms with van der Waals surface area (Å²) in [6.45, 7) is 11.7. The van der Waals surface area contributed by atoms with Crippen LogP contribution in [0, 0.1) is 5.92 Å². The minimum absolute atomic E-state index is 0.321. The van der Waals surface area contributed by atoms with Crippen LogP contribution in [0.5, 0.6) is 0 Å². The zero-order valence-corrected chi connectivity index (χ0v) is 12.8. The van der Waals surface area contributed by atoms with Crippen molar-refractivity contribution in [2.75, 3.05) is 20.7 Å². The van der Waals surface area contributed by atoms with Crippen LogP contribution < -0.4 is 0 Å². The van der Waals surface area contributed by atoms with Gasteiger partial charge in [0.05, 0.1) is 6.61 Å². The van der Waals surface area contributed by atoms with Gasteiger partial charge in [0, 0.05) is 33.2 Å². The molecule has 0 aromatic rings. The van der Waals surface area contributed by atoms with Gasteiger partial charge in [-0.3, -0.25) is 0 Å². The maximum atomic E-state index is 12.0. The third-order valence-electron chi connectivity index (χ3n) is 2.50. The zero-order chi connectivity index (χ0) is 15.0. The Hall–Kier alpha value is -1.78. The van der Waals surface area contributed by atoms with E-state index in [1.807, 2.05) is 21.0 Å². The van der Waals surface area contributed by atoms with Crippen LogP contribution in [0.2, 0.25) is 0 Å².